The number of piperidine rings is 1. The van der Waals surface area contributed by atoms with Crippen molar-refractivity contribution in [2.75, 3.05) is 13.1 Å². The van der Waals surface area contributed by atoms with Crippen molar-refractivity contribution in [2.45, 2.75) is 43.4 Å². The molecule has 2 aromatic rings. The fourth-order valence-corrected chi connectivity index (χ4v) is 4.41. The average molecular weight is 335 g/mol. The first kappa shape index (κ1) is 16.1. The summed E-state index contributed by atoms with van der Waals surface area (Å²) in [5.41, 5.74) is 0. The molecule has 0 bridgehead atoms. The zero-order valence-corrected chi connectivity index (χ0v) is 14.0. The molecule has 0 N–H and O–H groups in total. The minimum Gasteiger partial charge on any atom is -0.339 e. The van der Waals surface area contributed by atoms with E-state index in [2.05, 4.69) is 17.1 Å². The van der Waals surface area contributed by atoms with Crippen molar-refractivity contribution in [3.63, 3.8) is 0 Å². The number of aromatic nitrogens is 2. The van der Waals surface area contributed by atoms with Crippen LogP contribution in [0.15, 0.2) is 39.8 Å². The lowest BCUT2D eigenvalue weighted by atomic mass is 10.00. The maximum absolute atomic E-state index is 12.7. The van der Waals surface area contributed by atoms with E-state index in [1.54, 1.807) is 24.3 Å². The molecule has 0 saturated carbocycles. The monoisotopic (exact) mass is 335 g/mol. The SMILES string of the molecule is CCCc1noc([C@@H]2CCCN(S(=O)(=O)c3ccccc3)C2)n1. The maximum Gasteiger partial charge on any atom is 0.243 e. The van der Waals surface area contributed by atoms with E-state index in [1.165, 1.54) is 4.31 Å². The number of rotatable bonds is 5. The second kappa shape index (κ2) is 6.80. The Bertz CT molecular complexity index is 743. The van der Waals surface area contributed by atoms with Gasteiger partial charge in [-0.2, -0.15) is 9.29 Å². The molecule has 3 rings (SSSR count). The van der Waals surface area contributed by atoms with E-state index in [4.69, 9.17) is 4.52 Å². The smallest absolute Gasteiger partial charge is 0.243 e. The lowest BCUT2D eigenvalue weighted by Gasteiger charge is -2.30. The third-order valence-electron chi connectivity index (χ3n) is 4.07. The average Bonchev–Trinajstić information content (AvgIpc) is 3.05. The van der Waals surface area contributed by atoms with E-state index in [1.807, 2.05) is 6.07 Å². The van der Waals surface area contributed by atoms with Crippen molar-refractivity contribution in [3.05, 3.63) is 42.0 Å². The van der Waals surface area contributed by atoms with Crippen LogP contribution in [0.3, 0.4) is 0 Å². The molecular formula is C16H21N3O3S. The summed E-state index contributed by atoms with van der Waals surface area (Å²) in [6.45, 7) is 2.99. The molecule has 23 heavy (non-hydrogen) atoms. The first-order valence-electron chi connectivity index (χ1n) is 7.99. The number of nitrogens with zero attached hydrogens (tertiary/aromatic N) is 3. The summed E-state index contributed by atoms with van der Waals surface area (Å²) in [5.74, 6) is 1.23. The quantitative estimate of drug-likeness (QED) is 0.839. The Labute approximate surface area is 136 Å². The van der Waals surface area contributed by atoms with Gasteiger partial charge in [-0.25, -0.2) is 8.42 Å². The second-order valence-electron chi connectivity index (χ2n) is 5.81. The molecule has 1 aromatic carbocycles. The van der Waals surface area contributed by atoms with Crippen LogP contribution in [0.5, 0.6) is 0 Å². The molecule has 0 spiro atoms. The molecule has 124 valence electrons. The largest absolute Gasteiger partial charge is 0.339 e. The molecule has 1 saturated heterocycles. The number of aryl methyl sites for hydroxylation is 1. The standard InChI is InChI=1S/C16H21N3O3S/c1-2-7-15-17-16(22-18-15)13-8-6-11-19(12-13)23(20,21)14-9-4-3-5-10-14/h3-5,9-10,13H,2,6-8,11-12H2,1H3/t13-/m1/s1. The zero-order chi connectivity index (χ0) is 16.3. The van der Waals surface area contributed by atoms with E-state index in [0.717, 1.165) is 25.7 Å². The highest BCUT2D eigenvalue weighted by atomic mass is 32.2. The van der Waals surface area contributed by atoms with Crippen LogP contribution in [0.25, 0.3) is 0 Å². The van der Waals surface area contributed by atoms with Crippen LogP contribution in [0.1, 0.15) is 43.8 Å². The zero-order valence-electron chi connectivity index (χ0n) is 13.2. The lowest BCUT2D eigenvalue weighted by Crippen LogP contribution is -2.39. The van der Waals surface area contributed by atoms with Gasteiger partial charge in [0, 0.05) is 19.5 Å². The van der Waals surface area contributed by atoms with Crippen molar-refractivity contribution in [1.82, 2.24) is 14.4 Å². The van der Waals surface area contributed by atoms with Crippen molar-refractivity contribution in [1.29, 1.82) is 0 Å². The fourth-order valence-electron chi connectivity index (χ4n) is 2.86. The van der Waals surface area contributed by atoms with Crippen molar-refractivity contribution in [3.8, 4) is 0 Å². The summed E-state index contributed by atoms with van der Waals surface area (Å²) < 4.78 is 32.3. The van der Waals surface area contributed by atoms with Gasteiger partial charge in [-0.1, -0.05) is 30.3 Å². The summed E-state index contributed by atoms with van der Waals surface area (Å²) in [7, 11) is -3.46. The Hall–Kier alpha value is -1.73. The number of hydrogen-bond acceptors (Lipinski definition) is 5. The Morgan fingerprint density at radius 2 is 2.09 bits per heavy atom. The van der Waals surface area contributed by atoms with Crippen molar-refractivity contribution in [2.24, 2.45) is 0 Å². The van der Waals surface area contributed by atoms with E-state index < -0.39 is 10.0 Å². The molecule has 0 unspecified atom stereocenters. The molecule has 6 nitrogen and oxygen atoms in total. The number of benzene rings is 1. The van der Waals surface area contributed by atoms with Crippen LogP contribution in [-0.4, -0.2) is 36.0 Å². The minimum absolute atomic E-state index is 0.0275. The van der Waals surface area contributed by atoms with Crippen molar-refractivity contribution < 1.29 is 12.9 Å². The predicted molar refractivity (Wildman–Crippen MR) is 85.5 cm³/mol. The van der Waals surface area contributed by atoms with Gasteiger partial charge in [-0.3, -0.25) is 0 Å². The molecule has 2 heterocycles. The second-order valence-corrected chi connectivity index (χ2v) is 7.75. The summed E-state index contributed by atoms with van der Waals surface area (Å²) in [6, 6.07) is 8.55. The molecule has 0 amide bonds. The van der Waals surface area contributed by atoms with Gasteiger partial charge >= 0.3 is 0 Å². The van der Waals surface area contributed by atoms with Gasteiger partial charge in [0.15, 0.2) is 5.82 Å². The Morgan fingerprint density at radius 1 is 1.30 bits per heavy atom. The van der Waals surface area contributed by atoms with Crippen molar-refractivity contribution >= 4 is 10.0 Å². The molecule has 1 atom stereocenters. The summed E-state index contributed by atoms with van der Waals surface area (Å²) >= 11 is 0. The third-order valence-corrected chi connectivity index (χ3v) is 5.95. The molecule has 1 aliphatic heterocycles. The van der Waals surface area contributed by atoms with Crippen LogP contribution >= 0.6 is 0 Å². The van der Waals surface area contributed by atoms with Crippen LogP contribution in [0.2, 0.25) is 0 Å². The van der Waals surface area contributed by atoms with Crippen LogP contribution < -0.4 is 0 Å². The third kappa shape index (κ3) is 3.45. The molecule has 1 fully saturated rings. The number of sulfonamides is 1. The Morgan fingerprint density at radius 3 is 2.83 bits per heavy atom. The van der Waals surface area contributed by atoms with Crippen LogP contribution in [-0.2, 0) is 16.4 Å². The van der Waals surface area contributed by atoms with E-state index in [9.17, 15) is 8.42 Å². The molecular weight excluding hydrogens is 314 g/mol. The van der Waals surface area contributed by atoms with Gasteiger partial charge in [0.1, 0.15) is 0 Å². The predicted octanol–water partition coefficient (Wildman–Crippen LogP) is 2.59. The highest BCUT2D eigenvalue weighted by molar-refractivity contribution is 7.89. The van der Waals surface area contributed by atoms with E-state index in [-0.39, 0.29) is 5.92 Å². The molecule has 1 aliphatic rings. The Kier molecular flexibility index (Phi) is 4.77. The molecule has 1 aromatic heterocycles. The van der Waals surface area contributed by atoms with Gasteiger partial charge in [0.05, 0.1) is 10.8 Å². The van der Waals surface area contributed by atoms with Crippen LogP contribution in [0.4, 0.5) is 0 Å². The van der Waals surface area contributed by atoms with E-state index >= 15 is 0 Å². The minimum atomic E-state index is -3.46. The summed E-state index contributed by atoms with van der Waals surface area (Å²) in [6.07, 6.45) is 3.40. The topological polar surface area (TPSA) is 76.3 Å². The van der Waals surface area contributed by atoms with Gasteiger partial charge in [0.2, 0.25) is 15.9 Å². The Balaban J connectivity index is 1.77. The van der Waals surface area contributed by atoms with Crippen LogP contribution in [0, 0.1) is 0 Å². The lowest BCUT2D eigenvalue weighted by molar-refractivity contribution is 0.265. The van der Waals surface area contributed by atoms with Gasteiger partial charge in [-0.05, 0) is 31.4 Å². The maximum atomic E-state index is 12.7. The summed E-state index contributed by atoms with van der Waals surface area (Å²) in [5, 5.41) is 3.97. The summed E-state index contributed by atoms with van der Waals surface area (Å²) in [4.78, 5) is 4.74. The van der Waals surface area contributed by atoms with Gasteiger partial charge in [-0.15, -0.1) is 0 Å². The first-order chi connectivity index (χ1) is 11.1. The fraction of sp³-hybridized carbons (Fsp3) is 0.500. The molecule has 0 radical (unpaired) electrons. The highest BCUT2D eigenvalue weighted by Crippen LogP contribution is 2.29. The first-order valence-corrected chi connectivity index (χ1v) is 9.43. The number of hydrogen-bond donors (Lipinski definition) is 0. The molecule has 0 aliphatic carbocycles. The highest BCUT2D eigenvalue weighted by Gasteiger charge is 2.33. The van der Waals surface area contributed by atoms with Gasteiger partial charge in [0.25, 0.3) is 0 Å². The van der Waals surface area contributed by atoms with Gasteiger partial charge < -0.3 is 4.52 Å². The molecule has 7 heteroatoms. The normalized spacial score (nSPS) is 19.8. The van der Waals surface area contributed by atoms with E-state index in [0.29, 0.717) is 29.7 Å².